The summed E-state index contributed by atoms with van der Waals surface area (Å²) in [4.78, 5) is 21.8. The van der Waals surface area contributed by atoms with Gasteiger partial charge in [0.1, 0.15) is 5.75 Å². The van der Waals surface area contributed by atoms with Gasteiger partial charge in [-0.25, -0.2) is 8.42 Å². The summed E-state index contributed by atoms with van der Waals surface area (Å²) in [5, 5.41) is 1.00. The molecule has 0 bridgehead atoms. The van der Waals surface area contributed by atoms with Crippen LogP contribution in [0.15, 0.2) is 83.9 Å². The number of para-hydroxylation sites is 3. The third-order valence-electron chi connectivity index (χ3n) is 6.79. The molecular weight excluding hydrogens is 522 g/mol. The Bertz CT molecular complexity index is 1590. The highest BCUT2D eigenvalue weighted by atomic mass is 35.5. The zero-order chi connectivity index (χ0) is 26.7. The molecule has 1 fully saturated rings. The molecule has 5 rings (SSSR count). The minimum Gasteiger partial charge on any atom is -0.495 e. The van der Waals surface area contributed by atoms with Crippen LogP contribution in [0.4, 0.5) is 5.69 Å². The van der Waals surface area contributed by atoms with Gasteiger partial charge in [0.25, 0.3) is 5.91 Å². The highest BCUT2D eigenvalue weighted by Crippen LogP contribution is 2.30. The molecule has 38 heavy (non-hydrogen) atoms. The van der Waals surface area contributed by atoms with E-state index in [0.29, 0.717) is 36.3 Å². The first-order valence-electron chi connectivity index (χ1n) is 12.4. The number of carbonyl (C=O) groups is 1. The van der Waals surface area contributed by atoms with E-state index in [9.17, 15) is 13.2 Å². The van der Waals surface area contributed by atoms with Crippen LogP contribution in [0, 0.1) is 0 Å². The van der Waals surface area contributed by atoms with E-state index in [2.05, 4.69) is 9.88 Å². The summed E-state index contributed by atoms with van der Waals surface area (Å²) < 4.78 is 32.1. The van der Waals surface area contributed by atoms with E-state index in [1.54, 1.807) is 49.7 Å². The maximum atomic E-state index is 13.3. The van der Waals surface area contributed by atoms with E-state index >= 15 is 0 Å². The number of nitrogens with zero attached hydrogens (tertiary/aromatic N) is 3. The lowest BCUT2D eigenvalue weighted by Gasteiger charge is -2.25. The minimum absolute atomic E-state index is 0.124. The van der Waals surface area contributed by atoms with Gasteiger partial charge in [-0.15, -0.1) is 0 Å². The molecule has 196 valence electrons. The average Bonchev–Trinajstić information content (AvgIpc) is 3.19. The fraction of sp³-hybridized carbons (Fsp3) is 0.241. The Balaban J connectivity index is 1.31. The van der Waals surface area contributed by atoms with E-state index in [4.69, 9.17) is 16.3 Å². The van der Waals surface area contributed by atoms with Crippen LogP contribution >= 0.6 is 11.6 Å². The van der Waals surface area contributed by atoms with Gasteiger partial charge in [-0.1, -0.05) is 48.0 Å². The number of ether oxygens (including phenoxy) is 1. The molecule has 0 N–H and O–H groups in total. The summed E-state index contributed by atoms with van der Waals surface area (Å²) >= 11 is 6.52. The molecule has 4 aromatic rings. The van der Waals surface area contributed by atoms with E-state index in [1.165, 1.54) is 0 Å². The number of anilines is 1. The number of sulfone groups is 1. The topological polar surface area (TPSA) is 79.8 Å². The van der Waals surface area contributed by atoms with Gasteiger partial charge in [-0.2, -0.15) is 0 Å². The van der Waals surface area contributed by atoms with Crippen molar-refractivity contribution in [2.45, 2.75) is 17.1 Å². The van der Waals surface area contributed by atoms with Crippen molar-refractivity contribution >= 4 is 43.9 Å². The van der Waals surface area contributed by atoms with Crippen molar-refractivity contribution in [2.24, 2.45) is 0 Å². The number of amides is 1. The van der Waals surface area contributed by atoms with Gasteiger partial charge in [0.15, 0.2) is 9.84 Å². The zero-order valence-corrected chi connectivity index (χ0v) is 22.6. The normalized spacial score (nSPS) is 14.4. The minimum atomic E-state index is -3.72. The molecule has 1 saturated heterocycles. The molecule has 0 aliphatic carbocycles. The SMILES string of the molecule is COc1ccccc1N1CCCN(C(=O)c2ccc(CS(=O)(=O)c3cccc4cccnc34)c(Cl)c2)CC1. The summed E-state index contributed by atoms with van der Waals surface area (Å²) in [6.45, 7) is 2.66. The number of aromatic nitrogens is 1. The Labute approximate surface area is 227 Å². The number of rotatable bonds is 6. The second kappa shape index (κ2) is 11.0. The maximum Gasteiger partial charge on any atom is 0.253 e. The fourth-order valence-electron chi connectivity index (χ4n) is 4.84. The predicted molar refractivity (Wildman–Crippen MR) is 150 cm³/mol. The van der Waals surface area contributed by atoms with Crippen molar-refractivity contribution in [1.29, 1.82) is 0 Å². The summed E-state index contributed by atoms with van der Waals surface area (Å²) in [5.41, 5.74) is 2.32. The molecule has 9 heteroatoms. The third kappa shape index (κ3) is 5.33. The molecule has 2 heterocycles. The molecule has 0 atom stereocenters. The number of hydrogen-bond acceptors (Lipinski definition) is 6. The monoisotopic (exact) mass is 549 g/mol. The third-order valence-corrected chi connectivity index (χ3v) is 8.83. The number of hydrogen-bond donors (Lipinski definition) is 0. The number of benzene rings is 3. The van der Waals surface area contributed by atoms with Crippen LogP contribution in [0.25, 0.3) is 10.9 Å². The molecular formula is C29H28ClN3O4S. The standard InChI is InChI=1S/C29H28ClN3O4S/c1-37-26-10-3-2-9-25(26)32-15-6-16-33(18-17-32)29(34)22-12-13-23(24(30)19-22)20-38(35,36)27-11-4-7-21-8-5-14-31-28(21)27/h2-5,7-14,19H,6,15-18,20H2,1H3. The summed E-state index contributed by atoms with van der Waals surface area (Å²) in [6.07, 6.45) is 2.39. The summed E-state index contributed by atoms with van der Waals surface area (Å²) in [6, 6.07) is 21.4. The largest absolute Gasteiger partial charge is 0.495 e. The summed E-state index contributed by atoms with van der Waals surface area (Å²) in [7, 11) is -2.06. The van der Waals surface area contributed by atoms with Crippen LogP contribution in [0.2, 0.25) is 5.02 Å². The number of methoxy groups -OCH3 is 1. The Hall–Kier alpha value is -3.62. The molecule has 0 radical (unpaired) electrons. The highest BCUT2D eigenvalue weighted by molar-refractivity contribution is 7.90. The molecule has 7 nitrogen and oxygen atoms in total. The van der Waals surface area contributed by atoms with Crippen molar-refractivity contribution in [3.63, 3.8) is 0 Å². The number of pyridine rings is 1. The Morgan fingerprint density at radius 2 is 1.79 bits per heavy atom. The van der Waals surface area contributed by atoms with Gasteiger partial charge < -0.3 is 14.5 Å². The Morgan fingerprint density at radius 1 is 0.974 bits per heavy atom. The first-order valence-corrected chi connectivity index (χ1v) is 14.4. The Morgan fingerprint density at radius 3 is 2.61 bits per heavy atom. The molecule has 1 aromatic heterocycles. The lowest BCUT2D eigenvalue weighted by atomic mass is 10.1. The quantitative estimate of drug-likeness (QED) is 0.328. The maximum absolute atomic E-state index is 13.3. The van der Waals surface area contributed by atoms with Crippen molar-refractivity contribution < 1.29 is 17.9 Å². The van der Waals surface area contributed by atoms with Gasteiger partial charge in [0.05, 0.1) is 29.0 Å². The van der Waals surface area contributed by atoms with E-state index in [0.717, 1.165) is 29.8 Å². The summed E-state index contributed by atoms with van der Waals surface area (Å²) in [5.74, 6) is 0.401. The van der Waals surface area contributed by atoms with Crippen LogP contribution < -0.4 is 9.64 Å². The molecule has 0 saturated carbocycles. The van der Waals surface area contributed by atoms with Crippen LogP contribution in [-0.4, -0.2) is 57.5 Å². The lowest BCUT2D eigenvalue weighted by Crippen LogP contribution is -2.35. The van der Waals surface area contributed by atoms with Gasteiger partial charge in [0, 0.05) is 48.3 Å². The average molecular weight is 550 g/mol. The molecule has 1 aliphatic heterocycles. The van der Waals surface area contributed by atoms with Crippen LogP contribution in [0.1, 0.15) is 22.3 Å². The lowest BCUT2D eigenvalue weighted by molar-refractivity contribution is 0.0767. The van der Waals surface area contributed by atoms with Crippen LogP contribution in [-0.2, 0) is 15.6 Å². The van der Waals surface area contributed by atoms with E-state index < -0.39 is 9.84 Å². The van der Waals surface area contributed by atoms with Crippen molar-refractivity contribution in [3.8, 4) is 5.75 Å². The van der Waals surface area contributed by atoms with E-state index in [1.807, 2.05) is 41.3 Å². The number of fused-ring (bicyclic) bond motifs is 1. The first kappa shape index (κ1) is 26.0. The fourth-order valence-corrected chi connectivity index (χ4v) is 6.74. The van der Waals surface area contributed by atoms with Gasteiger partial charge in [-0.05, 0) is 48.4 Å². The predicted octanol–water partition coefficient (Wildman–Crippen LogP) is 5.22. The smallest absolute Gasteiger partial charge is 0.253 e. The Kier molecular flexibility index (Phi) is 7.53. The molecule has 0 spiro atoms. The molecule has 1 aliphatic rings. The number of carbonyl (C=O) groups excluding carboxylic acids is 1. The van der Waals surface area contributed by atoms with Gasteiger partial charge >= 0.3 is 0 Å². The van der Waals surface area contributed by atoms with Gasteiger partial charge in [-0.3, -0.25) is 9.78 Å². The van der Waals surface area contributed by atoms with Gasteiger partial charge in [0.2, 0.25) is 0 Å². The molecule has 1 amide bonds. The second-order valence-corrected chi connectivity index (χ2v) is 11.6. The van der Waals surface area contributed by atoms with Crippen molar-refractivity contribution in [2.75, 3.05) is 38.2 Å². The van der Waals surface area contributed by atoms with Crippen LogP contribution in [0.3, 0.4) is 0 Å². The molecule has 0 unspecified atom stereocenters. The zero-order valence-electron chi connectivity index (χ0n) is 21.0. The van der Waals surface area contributed by atoms with Crippen molar-refractivity contribution in [3.05, 3.63) is 95.1 Å². The number of halogens is 1. The van der Waals surface area contributed by atoms with E-state index in [-0.39, 0.29) is 21.6 Å². The second-order valence-electron chi connectivity index (χ2n) is 9.20. The molecule has 3 aromatic carbocycles. The first-order chi connectivity index (χ1) is 18.4. The highest BCUT2D eigenvalue weighted by Gasteiger charge is 2.24. The van der Waals surface area contributed by atoms with Crippen molar-refractivity contribution in [1.82, 2.24) is 9.88 Å². The van der Waals surface area contributed by atoms with Crippen LogP contribution in [0.5, 0.6) is 5.75 Å².